The maximum Gasteiger partial charge on any atom is 0.338 e. The van der Waals surface area contributed by atoms with E-state index in [1.54, 1.807) is 32.0 Å². The molecule has 14 heteroatoms. The number of benzene rings is 1. The fourth-order valence-corrected chi connectivity index (χ4v) is 7.02. The van der Waals surface area contributed by atoms with Crippen molar-refractivity contribution in [1.82, 2.24) is 0 Å². The molecule has 0 aliphatic heterocycles. The molecule has 1 aromatic rings. The van der Waals surface area contributed by atoms with E-state index in [2.05, 4.69) is 6.58 Å². The van der Waals surface area contributed by atoms with Crippen LogP contribution in [-0.2, 0) is 57.2 Å². The van der Waals surface area contributed by atoms with Gasteiger partial charge in [0.05, 0.1) is 17.4 Å². The van der Waals surface area contributed by atoms with Crippen molar-refractivity contribution in [3.05, 3.63) is 60.2 Å². The number of Topliss-reactive ketones (excluding diaryl/α,β-unsaturated/α-hetero) is 1. The summed E-state index contributed by atoms with van der Waals surface area (Å²) in [4.78, 5) is 92.7. The van der Waals surface area contributed by atoms with E-state index in [-0.39, 0.29) is 11.1 Å². The lowest BCUT2D eigenvalue weighted by Crippen LogP contribution is -2.58. The van der Waals surface area contributed by atoms with Gasteiger partial charge in [-0.15, -0.1) is 0 Å². The molecule has 0 aromatic heterocycles. The second-order valence-corrected chi connectivity index (χ2v) is 14.8. The van der Waals surface area contributed by atoms with Crippen LogP contribution in [0.3, 0.4) is 0 Å². The number of carbonyl (C=O) groups is 7. The van der Waals surface area contributed by atoms with Crippen LogP contribution in [-0.4, -0.2) is 88.4 Å². The minimum Gasteiger partial charge on any atom is -0.458 e. The quantitative estimate of drug-likeness (QED) is 0.228. The molecular weight excluding hydrogens is 692 g/mol. The molecule has 3 rings (SSSR count). The number of esters is 6. The van der Waals surface area contributed by atoms with Gasteiger partial charge in [0, 0.05) is 51.0 Å². The zero-order chi connectivity index (χ0) is 40.2. The fraction of sp³-hybridized carbons (Fsp3) is 0.564. The van der Waals surface area contributed by atoms with Crippen LogP contribution in [0.15, 0.2) is 54.6 Å². The Hall–Kier alpha value is -4.85. The first-order chi connectivity index (χ1) is 24.4. The van der Waals surface area contributed by atoms with Crippen molar-refractivity contribution in [3.63, 3.8) is 0 Å². The molecule has 0 bridgehead atoms. The second kappa shape index (κ2) is 16.4. The molecule has 1 aromatic carbocycles. The minimum atomic E-state index is -2.57. The molecule has 0 spiro atoms. The maximum absolute atomic E-state index is 14.6. The summed E-state index contributed by atoms with van der Waals surface area (Å²) in [6.07, 6.45) is -6.15. The van der Waals surface area contributed by atoms with Crippen molar-refractivity contribution in [2.75, 3.05) is 0 Å². The number of hydrogen-bond acceptors (Lipinski definition) is 14. The van der Waals surface area contributed by atoms with Crippen molar-refractivity contribution in [3.8, 4) is 0 Å². The number of ketones is 1. The topological polar surface area (TPSA) is 195 Å². The van der Waals surface area contributed by atoms with Gasteiger partial charge in [0.1, 0.15) is 17.3 Å². The summed E-state index contributed by atoms with van der Waals surface area (Å²) < 4.78 is 35.1. The lowest BCUT2D eigenvalue weighted by atomic mass is 9.72. The van der Waals surface area contributed by atoms with Crippen LogP contribution in [0, 0.1) is 23.2 Å². The average molecular weight is 743 g/mol. The summed E-state index contributed by atoms with van der Waals surface area (Å²) in [5, 5.41) is 12.7. The third kappa shape index (κ3) is 9.58. The number of fused-ring (bicyclic) bond motifs is 1. The Morgan fingerprint density at radius 3 is 1.85 bits per heavy atom. The Morgan fingerprint density at radius 2 is 1.34 bits per heavy atom. The number of rotatable bonds is 8. The highest BCUT2D eigenvalue weighted by atomic mass is 16.6. The molecule has 2 aliphatic carbocycles. The molecule has 9 atom stereocenters. The summed E-state index contributed by atoms with van der Waals surface area (Å²) in [5.41, 5.74) is -6.04. The van der Waals surface area contributed by atoms with Crippen LogP contribution in [0.1, 0.15) is 86.0 Å². The molecule has 290 valence electrons. The number of carbonyl (C=O) groups excluding carboxylic acids is 7. The van der Waals surface area contributed by atoms with Gasteiger partial charge in [-0.1, -0.05) is 71.5 Å². The number of ether oxygens (including phenoxy) is 6. The zero-order valence-electron chi connectivity index (χ0n) is 31.8. The zero-order valence-corrected chi connectivity index (χ0v) is 31.8. The van der Waals surface area contributed by atoms with E-state index in [9.17, 15) is 38.7 Å². The highest BCUT2D eigenvalue weighted by molar-refractivity contribution is 5.92. The Balaban J connectivity index is 2.54. The molecule has 0 heterocycles. The van der Waals surface area contributed by atoms with E-state index >= 15 is 0 Å². The van der Waals surface area contributed by atoms with Gasteiger partial charge < -0.3 is 33.5 Å². The number of allylic oxidation sites excluding steroid dienone is 1. The van der Waals surface area contributed by atoms with Crippen LogP contribution >= 0.6 is 0 Å². The van der Waals surface area contributed by atoms with Gasteiger partial charge in [0.15, 0.2) is 30.2 Å². The molecule has 9 unspecified atom stereocenters. The molecule has 1 saturated carbocycles. The van der Waals surface area contributed by atoms with Gasteiger partial charge in [-0.05, 0) is 19.1 Å². The van der Waals surface area contributed by atoms with E-state index in [0.717, 1.165) is 27.7 Å². The van der Waals surface area contributed by atoms with Crippen LogP contribution < -0.4 is 0 Å². The summed E-state index contributed by atoms with van der Waals surface area (Å²) >= 11 is 0. The number of aliphatic hydroxyl groups is 1. The van der Waals surface area contributed by atoms with Gasteiger partial charge in [-0.2, -0.15) is 0 Å². The predicted octanol–water partition coefficient (Wildman–Crippen LogP) is 4.01. The Labute approximate surface area is 309 Å². The molecular formula is C39H50O14. The van der Waals surface area contributed by atoms with Gasteiger partial charge in [0.25, 0.3) is 0 Å². The van der Waals surface area contributed by atoms with Crippen LogP contribution in [0.5, 0.6) is 0 Å². The molecule has 1 fully saturated rings. The Bertz CT molecular complexity index is 1640. The molecule has 2 aliphatic rings. The first-order valence-corrected chi connectivity index (χ1v) is 17.3. The Morgan fingerprint density at radius 1 is 0.792 bits per heavy atom. The first kappa shape index (κ1) is 42.6. The van der Waals surface area contributed by atoms with E-state index in [4.69, 9.17) is 28.4 Å². The van der Waals surface area contributed by atoms with E-state index in [1.165, 1.54) is 52.0 Å². The van der Waals surface area contributed by atoms with Crippen LogP contribution in [0.2, 0.25) is 0 Å². The smallest absolute Gasteiger partial charge is 0.338 e. The highest BCUT2D eigenvalue weighted by Crippen LogP contribution is 2.52. The molecule has 0 amide bonds. The van der Waals surface area contributed by atoms with Gasteiger partial charge in [0.2, 0.25) is 0 Å². The average Bonchev–Trinajstić information content (AvgIpc) is 3.26. The van der Waals surface area contributed by atoms with Crippen molar-refractivity contribution >= 4 is 41.6 Å². The predicted molar refractivity (Wildman–Crippen MR) is 186 cm³/mol. The van der Waals surface area contributed by atoms with Crippen molar-refractivity contribution < 1.29 is 67.1 Å². The maximum atomic E-state index is 14.6. The monoisotopic (exact) mass is 742 g/mol. The van der Waals surface area contributed by atoms with Crippen molar-refractivity contribution in [1.29, 1.82) is 0 Å². The largest absolute Gasteiger partial charge is 0.458 e. The lowest BCUT2D eigenvalue weighted by molar-refractivity contribution is -0.190. The number of hydrogen-bond donors (Lipinski definition) is 1. The van der Waals surface area contributed by atoms with E-state index in [0.29, 0.717) is 0 Å². The summed E-state index contributed by atoms with van der Waals surface area (Å²) in [5.74, 6) is -9.77. The first-order valence-electron chi connectivity index (χ1n) is 17.3. The molecule has 1 N–H and O–H groups in total. The normalized spacial score (nSPS) is 31.2. The lowest BCUT2D eigenvalue weighted by Gasteiger charge is -2.44. The second-order valence-electron chi connectivity index (χ2n) is 14.8. The Kier molecular flexibility index (Phi) is 13.2. The standard InChI is InChI=1S/C39H50O14/c1-20(2)35(45)51-29-22(4)30(52-36(46)27-15-13-12-14-16-27)31(48-23(5)40)34(50-25(7)42)37(9,10)18-17-21(3)32(44)39(47)19-38(11,53-26(8)43)33(28(29)39)49-24(6)41/h12-18,20-21,28-31,33-34,47H,4,19H2,1-3,5-11H3. The fourth-order valence-electron chi connectivity index (χ4n) is 7.02. The molecule has 0 saturated heterocycles. The molecule has 14 nitrogen and oxygen atoms in total. The van der Waals surface area contributed by atoms with Gasteiger partial charge in [-0.25, -0.2) is 4.79 Å². The van der Waals surface area contributed by atoms with Gasteiger partial charge >= 0.3 is 35.8 Å². The summed E-state index contributed by atoms with van der Waals surface area (Å²) in [7, 11) is 0. The van der Waals surface area contributed by atoms with Crippen LogP contribution in [0.25, 0.3) is 0 Å². The summed E-state index contributed by atoms with van der Waals surface area (Å²) in [6, 6.07) is 7.71. The SMILES string of the molecule is C=C1C(OC(=O)c2ccccc2)C(OC(C)=O)C(OC(C)=O)C(C)(C)C=CC(C)C(=O)C2(O)CC(C)(OC(C)=O)C(OC(C)=O)C2C1OC(=O)C(C)C. The van der Waals surface area contributed by atoms with E-state index < -0.39 is 113 Å². The third-order valence-corrected chi connectivity index (χ3v) is 9.36. The van der Waals surface area contributed by atoms with E-state index in [1.807, 2.05) is 0 Å². The van der Waals surface area contributed by atoms with Crippen molar-refractivity contribution in [2.24, 2.45) is 23.2 Å². The van der Waals surface area contributed by atoms with Gasteiger partial charge in [-0.3, -0.25) is 28.8 Å². The third-order valence-electron chi connectivity index (χ3n) is 9.36. The molecule has 0 radical (unpaired) electrons. The van der Waals surface area contributed by atoms with Crippen molar-refractivity contribution in [2.45, 2.75) is 117 Å². The summed E-state index contributed by atoms with van der Waals surface area (Å²) in [6.45, 7) is 17.6. The van der Waals surface area contributed by atoms with Crippen LogP contribution in [0.4, 0.5) is 0 Å². The highest BCUT2D eigenvalue weighted by Gasteiger charge is 2.69. The molecule has 53 heavy (non-hydrogen) atoms. The minimum absolute atomic E-state index is 0.0495.